The summed E-state index contributed by atoms with van der Waals surface area (Å²) in [7, 11) is 0. The molecule has 2 N–H and O–H groups in total. The molecule has 1 aliphatic heterocycles. The van der Waals surface area contributed by atoms with Crippen LogP contribution >= 0.6 is 11.3 Å². The molecule has 0 unspecified atom stereocenters. The number of rotatable bonds is 3. The molecule has 108 valence electrons. The first-order chi connectivity index (χ1) is 10.1. The van der Waals surface area contributed by atoms with Gasteiger partial charge in [0.05, 0.1) is 12.3 Å². The molecule has 1 amide bonds. The number of amides is 1. The first kappa shape index (κ1) is 13.7. The lowest BCUT2D eigenvalue weighted by Gasteiger charge is -2.22. The van der Waals surface area contributed by atoms with E-state index >= 15 is 0 Å². The van der Waals surface area contributed by atoms with Gasteiger partial charge in [-0.1, -0.05) is 41.2 Å². The number of benzene rings is 1. The van der Waals surface area contributed by atoms with E-state index in [2.05, 4.69) is 15.3 Å². The van der Waals surface area contributed by atoms with Gasteiger partial charge in [-0.15, -0.1) is 10.2 Å². The largest absolute Gasteiger partial charge is 0.374 e. The number of nitrogen functional groups attached to an aromatic ring is 1. The maximum Gasteiger partial charge on any atom is 0.243 e. The van der Waals surface area contributed by atoms with E-state index in [1.807, 2.05) is 31.2 Å². The van der Waals surface area contributed by atoms with Crippen molar-refractivity contribution in [2.24, 2.45) is 5.10 Å². The van der Waals surface area contributed by atoms with E-state index in [0.717, 1.165) is 11.3 Å². The highest BCUT2D eigenvalue weighted by atomic mass is 32.1. The highest BCUT2D eigenvalue weighted by Gasteiger charge is 2.22. The van der Waals surface area contributed by atoms with Gasteiger partial charge in [0.1, 0.15) is 5.01 Å². The Morgan fingerprint density at radius 3 is 2.67 bits per heavy atom. The summed E-state index contributed by atoms with van der Waals surface area (Å²) in [6.07, 6.45) is 1.12. The zero-order chi connectivity index (χ0) is 14.8. The molecule has 1 aromatic heterocycles. The van der Waals surface area contributed by atoms with E-state index in [9.17, 15) is 4.79 Å². The average Bonchev–Trinajstić information content (AvgIpc) is 2.88. The molecule has 2 aromatic rings. The van der Waals surface area contributed by atoms with Gasteiger partial charge < -0.3 is 5.73 Å². The molecular weight excluding hydrogens is 286 g/mol. The number of hydrogen-bond acceptors (Lipinski definition) is 6. The van der Waals surface area contributed by atoms with E-state index in [1.54, 1.807) is 0 Å². The van der Waals surface area contributed by atoms with Crippen molar-refractivity contribution in [3.8, 4) is 0 Å². The Morgan fingerprint density at radius 1 is 1.24 bits per heavy atom. The molecule has 1 aliphatic rings. The topological polar surface area (TPSA) is 84.5 Å². The van der Waals surface area contributed by atoms with Crippen molar-refractivity contribution >= 4 is 28.1 Å². The van der Waals surface area contributed by atoms with E-state index in [1.165, 1.54) is 21.9 Å². The fourth-order valence-electron chi connectivity index (χ4n) is 2.14. The lowest BCUT2D eigenvalue weighted by molar-refractivity contribution is -0.132. The molecule has 0 bridgehead atoms. The molecule has 0 saturated heterocycles. The van der Waals surface area contributed by atoms with Crippen molar-refractivity contribution in [1.29, 1.82) is 0 Å². The van der Waals surface area contributed by atoms with Crippen molar-refractivity contribution in [1.82, 2.24) is 15.2 Å². The SMILES string of the molecule is Cc1ccc(C2=NN(Cc3nnc(N)s3)C(=O)CC2)cc1. The van der Waals surface area contributed by atoms with Gasteiger partial charge in [0.2, 0.25) is 11.0 Å². The molecule has 0 aliphatic carbocycles. The van der Waals surface area contributed by atoms with E-state index in [0.29, 0.717) is 29.5 Å². The van der Waals surface area contributed by atoms with Crippen LogP contribution in [0.2, 0.25) is 0 Å². The molecule has 0 radical (unpaired) electrons. The smallest absolute Gasteiger partial charge is 0.243 e. The minimum Gasteiger partial charge on any atom is -0.374 e. The Morgan fingerprint density at radius 2 is 2.00 bits per heavy atom. The predicted molar refractivity (Wildman–Crippen MR) is 81.8 cm³/mol. The molecule has 3 rings (SSSR count). The summed E-state index contributed by atoms with van der Waals surface area (Å²) in [5.74, 6) is -0.000340. The highest BCUT2D eigenvalue weighted by Crippen LogP contribution is 2.20. The number of hydrogen-bond donors (Lipinski definition) is 1. The fraction of sp³-hybridized carbons (Fsp3) is 0.286. The van der Waals surface area contributed by atoms with Gasteiger partial charge in [0, 0.05) is 12.8 Å². The van der Waals surface area contributed by atoms with Gasteiger partial charge >= 0.3 is 0 Å². The first-order valence-electron chi connectivity index (χ1n) is 6.64. The van der Waals surface area contributed by atoms with Crippen LogP contribution in [-0.4, -0.2) is 26.8 Å². The van der Waals surface area contributed by atoms with Gasteiger partial charge in [-0.25, -0.2) is 5.01 Å². The zero-order valence-electron chi connectivity index (χ0n) is 11.6. The van der Waals surface area contributed by atoms with Crippen LogP contribution in [-0.2, 0) is 11.3 Å². The normalized spacial score (nSPS) is 15.2. The lowest BCUT2D eigenvalue weighted by atomic mass is 10.0. The molecule has 0 fully saturated rings. The minimum atomic E-state index is -0.000340. The van der Waals surface area contributed by atoms with Gasteiger partial charge in [-0.05, 0) is 12.5 Å². The molecule has 0 atom stereocenters. The van der Waals surface area contributed by atoms with E-state index < -0.39 is 0 Å². The van der Waals surface area contributed by atoms with Crippen molar-refractivity contribution in [3.05, 3.63) is 40.4 Å². The number of aryl methyl sites for hydroxylation is 1. The molecule has 0 spiro atoms. The fourth-order valence-corrected chi connectivity index (χ4v) is 2.73. The maximum absolute atomic E-state index is 12.0. The predicted octanol–water partition coefficient (Wildman–Crippen LogP) is 1.96. The van der Waals surface area contributed by atoms with Gasteiger partial charge in [0.25, 0.3) is 0 Å². The number of carbonyl (C=O) groups excluding carboxylic acids is 1. The summed E-state index contributed by atoms with van der Waals surface area (Å²) in [5.41, 5.74) is 8.73. The molecule has 0 saturated carbocycles. The van der Waals surface area contributed by atoms with Crippen LogP contribution in [0, 0.1) is 6.92 Å². The Labute approximate surface area is 126 Å². The second-order valence-electron chi connectivity index (χ2n) is 4.90. The number of nitrogens with two attached hydrogens (primary N) is 1. The third kappa shape index (κ3) is 3.08. The summed E-state index contributed by atoms with van der Waals surface area (Å²) in [6, 6.07) is 8.16. The van der Waals surface area contributed by atoms with Crippen LogP contribution < -0.4 is 5.73 Å². The molecule has 1 aromatic carbocycles. The summed E-state index contributed by atoms with van der Waals surface area (Å²) >= 11 is 1.27. The van der Waals surface area contributed by atoms with Crippen LogP contribution in [0.5, 0.6) is 0 Å². The number of hydrazone groups is 1. The number of nitrogens with zero attached hydrogens (tertiary/aromatic N) is 4. The molecule has 7 heteroatoms. The summed E-state index contributed by atoms with van der Waals surface area (Å²) in [6.45, 7) is 2.37. The Bertz CT molecular complexity index is 692. The average molecular weight is 301 g/mol. The number of carbonyl (C=O) groups is 1. The quantitative estimate of drug-likeness (QED) is 0.939. The van der Waals surface area contributed by atoms with Crippen LogP contribution in [0.1, 0.15) is 29.0 Å². The van der Waals surface area contributed by atoms with Crippen molar-refractivity contribution < 1.29 is 4.79 Å². The summed E-state index contributed by atoms with van der Waals surface area (Å²) < 4.78 is 0. The van der Waals surface area contributed by atoms with Crippen LogP contribution in [0.3, 0.4) is 0 Å². The molecule has 21 heavy (non-hydrogen) atoms. The number of aromatic nitrogens is 2. The maximum atomic E-state index is 12.0. The molecule has 2 heterocycles. The van der Waals surface area contributed by atoms with Crippen LogP contribution in [0.15, 0.2) is 29.4 Å². The van der Waals surface area contributed by atoms with Crippen LogP contribution in [0.4, 0.5) is 5.13 Å². The summed E-state index contributed by atoms with van der Waals surface area (Å²) in [5, 5.41) is 14.7. The third-order valence-corrected chi connectivity index (χ3v) is 3.99. The summed E-state index contributed by atoms with van der Waals surface area (Å²) in [4.78, 5) is 12.0. The van der Waals surface area contributed by atoms with Gasteiger partial charge in [-0.2, -0.15) is 5.10 Å². The standard InChI is InChI=1S/C14H15N5OS/c1-9-2-4-10(5-3-9)11-6-7-13(20)19(18-11)8-12-16-17-14(15)21-12/h2-5H,6-8H2,1H3,(H2,15,17). The van der Waals surface area contributed by atoms with Crippen molar-refractivity contribution in [2.45, 2.75) is 26.3 Å². The minimum absolute atomic E-state index is 0.000340. The third-order valence-electron chi connectivity index (χ3n) is 3.26. The van der Waals surface area contributed by atoms with Crippen LogP contribution in [0.25, 0.3) is 0 Å². The first-order valence-corrected chi connectivity index (χ1v) is 7.46. The second kappa shape index (κ2) is 5.61. The lowest BCUT2D eigenvalue weighted by Crippen LogP contribution is -2.31. The van der Waals surface area contributed by atoms with E-state index in [4.69, 9.17) is 5.73 Å². The molecular formula is C14H15N5OS. The molecule has 6 nitrogen and oxygen atoms in total. The second-order valence-corrected chi connectivity index (χ2v) is 5.99. The monoisotopic (exact) mass is 301 g/mol. The number of anilines is 1. The van der Waals surface area contributed by atoms with Crippen molar-refractivity contribution in [3.63, 3.8) is 0 Å². The van der Waals surface area contributed by atoms with Crippen molar-refractivity contribution in [2.75, 3.05) is 5.73 Å². The zero-order valence-corrected chi connectivity index (χ0v) is 12.4. The van der Waals surface area contributed by atoms with Gasteiger partial charge in [0.15, 0.2) is 0 Å². The Balaban J connectivity index is 1.83. The van der Waals surface area contributed by atoms with Gasteiger partial charge in [-0.3, -0.25) is 4.79 Å². The Hall–Kier alpha value is -2.28. The highest BCUT2D eigenvalue weighted by molar-refractivity contribution is 7.15. The Kier molecular flexibility index (Phi) is 3.66. The van der Waals surface area contributed by atoms with E-state index in [-0.39, 0.29) is 5.91 Å².